The van der Waals surface area contributed by atoms with Gasteiger partial charge in [-0.05, 0) is 47.5 Å². The number of oxime groups is 1. The van der Waals surface area contributed by atoms with Gasteiger partial charge >= 0.3 is 12.1 Å². The summed E-state index contributed by atoms with van der Waals surface area (Å²) in [7, 11) is 1.23. The fourth-order valence-electron chi connectivity index (χ4n) is 2.41. The SMILES string of the molecule is COC(=O)c1ccc(CC(/C=C(/c2cc(Cl)cc(Cl)c2)C(F)(F)F)=N/O)cc1. The lowest BCUT2D eigenvalue weighted by molar-refractivity contribution is -0.0688. The van der Waals surface area contributed by atoms with E-state index in [1.54, 1.807) is 0 Å². The Labute approximate surface area is 168 Å². The quantitative estimate of drug-likeness (QED) is 0.281. The summed E-state index contributed by atoms with van der Waals surface area (Å²) >= 11 is 11.6. The van der Waals surface area contributed by atoms with Crippen LogP contribution < -0.4 is 0 Å². The van der Waals surface area contributed by atoms with Crippen LogP contribution in [0.3, 0.4) is 0 Å². The fraction of sp³-hybridized carbons (Fsp3) is 0.158. The number of esters is 1. The number of allylic oxidation sites excluding steroid dienone is 2. The Morgan fingerprint density at radius 2 is 1.68 bits per heavy atom. The largest absolute Gasteiger partial charge is 0.465 e. The molecule has 0 aromatic heterocycles. The minimum absolute atomic E-state index is 0.0403. The van der Waals surface area contributed by atoms with E-state index in [0.29, 0.717) is 5.56 Å². The van der Waals surface area contributed by atoms with E-state index in [1.807, 2.05) is 0 Å². The lowest BCUT2D eigenvalue weighted by atomic mass is 10.0. The summed E-state index contributed by atoms with van der Waals surface area (Å²) in [5.74, 6) is -0.542. The molecule has 0 unspecified atom stereocenters. The van der Waals surface area contributed by atoms with Crippen molar-refractivity contribution in [1.29, 1.82) is 0 Å². The number of rotatable bonds is 5. The Morgan fingerprint density at radius 1 is 1.11 bits per heavy atom. The van der Waals surface area contributed by atoms with Crippen LogP contribution >= 0.6 is 23.2 Å². The van der Waals surface area contributed by atoms with E-state index >= 15 is 0 Å². The number of carbonyl (C=O) groups is 1. The molecule has 0 saturated carbocycles. The normalized spacial score (nSPS) is 12.8. The van der Waals surface area contributed by atoms with Gasteiger partial charge < -0.3 is 9.94 Å². The van der Waals surface area contributed by atoms with Gasteiger partial charge in [0, 0.05) is 16.5 Å². The summed E-state index contributed by atoms with van der Waals surface area (Å²) in [6, 6.07) is 9.51. The number of methoxy groups -OCH3 is 1. The predicted molar refractivity (Wildman–Crippen MR) is 101 cm³/mol. The summed E-state index contributed by atoms with van der Waals surface area (Å²) in [5.41, 5.74) is -0.742. The molecule has 0 aliphatic heterocycles. The van der Waals surface area contributed by atoms with Gasteiger partial charge in [0.05, 0.1) is 24.0 Å². The first kappa shape index (κ1) is 21.8. The first-order valence-electron chi connectivity index (χ1n) is 7.77. The van der Waals surface area contributed by atoms with Crippen LogP contribution in [0.4, 0.5) is 13.2 Å². The number of hydrogen-bond donors (Lipinski definition) is 1. The van der Waals surface area contributed by atoms with E-state index in [1.165, 1.54) is 37.4 Å². The molecule has 0 aliphatic carbocycles. The summed E-state index contributed by atoms with van der Waals surface area (Å²) < 4.78 is 45.2. The van der Waals surface area contributed by atoms with E-state index < -0.39 is 17.7 Å². The smallest absolute Gasteiger partial charge is 0.417 e. The highest BCUT2D eigenvalue weighted by atomic mass is 35.5. The van der Waals surface area contributed by atoms with Gasteiger partial charge in [-0.1, -0.05) is 40.5 Å². The molecule has 0 heterocycles. The molecular weight excluding hydrogens is 418 g/mol. The zero-order valence-electron chi connectivity index (χ0n) is 14.4. The molecular formula is C19H14Cl2F3NO3. The van der Waals surface area contributed by atoms with Crippen molar-refractivity contribution in [2.24, 2.45) is 5.16 Å². The zero-order valence-corrected chi connectivity index (χ0v) is 15.9. The molecule has 2 aromatic rings. The minimum atomic E-state index is -4.74. The molecule has 0 bridgehead atoms. The molecule has 0 amide bonds. The molecule has 4 nitrogen and oxygen atoms in total. The maximum Gasteiger partial charge on any atom is 0.417 e. The lowest BCUT2D eigenvalue weighted by Crippen LogP contribution is -2.14. The second kappa shape index (κ2) is 9.12. The highest BCUT2D eigenvalue weighted by molar-refractivity contribution is 6.35. The molecule has 0 aliphatic rings. The molecule has 148 valence electrons. The van der Waals surface area contributed by atoms with Crippen molar-refractivity contribution < 1.29 is 27.9 Å². The first-order valence-corrected chi connectivity index (χ1v) is 8.53. The molecule has 9 heteroatoms. The third kappa shape index (κ3) is 5.74. The Morgan fingerprint density at radius 3 is 2.14 bits per heavy atom. The van der Waals surface area contributed by atoms with Crippen LogP contribution in [-0.2, 0) is 11.2 Å². The average Bonchev–Trinajstić information content (AvgIpc) is 2.63. The van der Waals surface area contributed by atoms with Crippen LogP contribution in [0, 0.1) is 0 Å². The average molecular weight is 432 g/mol. The van der Waals surface area contributed by atoms with Crippen LogP contribution in [0.5, 0.6) is 0 Å². The molecule has 2 aromatic carbocycles. The van der Waals surface area contributed by atoms with Crippen LogP contribution in [0.15, 0.2) is 53.7 Å². The van der Waals surface area contributed by atoms with Crippen LogP contribution in [0.25, 0.3) is 5.57 Å². The van der Waals surface area contributed by atoms with Gasteiger partial charge in [-0.15, -0.1) is 0 Å². The van der Waals surface area contributed by atoms with Crippen molar-refractivity contribution >= 4 is 40.5 Å². The van der Waals surface area contributed by atoms with Gasteiger partial charge in [0.15, 0.2) is 0 Å². The topological polar surface area (TPSA) is 58.9 Å². The van der Waals surface area contributed by atoms with E-state index in [2.05, 4.69) is 9.89 Å². The number of nitrogens with zero attached hydrogens (tertiary/aromatic N) is 1. The third-order valence-electron chi connectivity index (χ3n) is 3.68. The van der Waals surface area contributed by atoms with Crippen LogP contribution in [0.2, 0.25) is 10.0 Å². The maximum atomic E-state index is 13.5. The van der Waals surface area contributed by atoms with Crippen LogP contribution in [-0.4, -0.2) is 30.2 Å². The monoisotopic (exact) mass is 431 g/mol. The number of hydrogen-bond acceptors (Lipinski definition) is 4. The highest BCUT2D eigenvalue weighted by Gasteiger charge is 2.35. The lowest BCUT2D eigenvalue weighted by Gasteiger charge is -2.13. The number of benzene rings is 2. The first-order chi connectivity index (χ1) is 13.1. The summed E-state index contributed by atoms with van der Waals surface area (Å²) in [6.45, 7) is 0. The fourth-order valence-corrected chi connectivity index (χ4v) is 2.93. The molecule has 0 spiro atoms. The van der Waals surface area contributed by atoms with Gasteiger partial charge in [-0.25, -0.2) is 4.79 Å². The molecule has 1 N–H and O–H groups in total. The summed E-state index contributed by atoms with van der Waals surface area (Å²) in [5, 5.41) is 12.2. The predicted octanol–water partition coefficient (Wildman–Crippen LogP) is 5.80. The molecule has 0 saturated heterocycles. The number of alkyl halides is 3. The summed E-state index contributed by atoms with van der Waals surface area (Å²) in [4.78, 5) is 11.4. The van der Waals surface area contributed by atoms with Crippen molar-refractivity contribution in [3.05, 3.63) is 75.3 Å². The van der Waals surface area contributed by atoms with E-state index in [9.17, 15) is 23.2 Å². The molecule has 0 radical (unpaired) electrons. The Balaban J connectivity index is 2.37. The van der Waals surface area contributed by atoms with Gasteiger partial charge in [0.1, 0.15) is 0 Å². The van der Waals surface area contributed by atoms with Crippen molar-refractivity contribution in [3.63, 3.8) is 0 Å². The molecule has 28 heavy (non-hydrogen) atoms. The Hall–Kier alpha value is -2.51. The third-order valence-corrected chi connectivity index (χ3v) is 4.12. The number of halogens is 5. The molecule has 0 fully saturated rings. The van der Waals surface area contributed by atoms with Crippen molar-refractivity contribution in [2.75, 3.05) is 7.11 Å². The van der Waals surface area contributed by atoms with Gasteiger partial charge in [0.2, 0.25) is 0 Å². The van der Waals surface area contributed by atoms with Crippen molar-refractivity contribution in [1.82, 2.24) is 0 Å². The standard InChI is InChI=1S/C19H14Cl2F3NO3/c1-28-18(26)12-4-2-11(3-5-12)6-16(25-27)10-17(19(22,23)24)13-7-14(20)9-15(21)8-13/h2-5,7-10,27H,6H2,1H3/b17-10-,25-16-. The van der Waals surface area contributed by atoms with Crippen LogP contribution in [0.1, 0.15) is 21.5 Å². The maximum absolute atomic E-state index is 13.5. The highest BCUT2D eigenvalue weighted by Crippen LogP contribution is 2.36. The second-order valence-electron chi connectivity index (χ2n) is 5.67. The number of carbonyl (C=O) groups excluding carboxylic acids is 1. The van der Waals surface area contributed by atoms with E-state index in [4.69, 9.17) is 23.2 Å². The Bertz CT molecular complexity index is 903. The number of ether oxygens (including phenoxy) is 1. The summed E-state index contributed by atoms with van der Waals surface area (Å²) in [6.07, 6.45) is -4.12. The second-order valence-corrected chi connectivity index (χ2v) is 6.54. The van der Waals surface area contributed by atoms with Crippen molar-refractivity contribution in [3.8, 4) is 0 Å². The zero-order chi connectivity index (χ0) is 20.9. The van der Waals surface area contributed by atoms with Gasteiger partial charge in [-0.3, -0.25) is 0 Å². The minimum Gasteiger partial charge on any atom is -0.465 e. The van der Waals surface area contributed by atoms with Crippen molar-refractivity contribution in [2.45, 2.75) is 12.6 Å². The van der Waals surface area contributed by atoms with Gasteiger partial charge in [-0.2, -0.15) is 13.2 Å². The Kier molecular flexibility index (Phi) is 7.10. The van der Waals surface area contributed by atoms with E-state index in [-0.39, 0.29) is 33.3 Å². The molecule has 0 atom stereocenters. The van der Waals surface area contributed by atoms with E-state index in [0.717, 1.165) is 18.2 Å². The molecule has 2 rings (SSSR count). The van der Waals surface area contributed by atoms with Gasteiger partial charge in [0.25, 0.3) is 0 Å².